The fourth-order valence-electron chi connectivity index (χ4n) is 2.16. The highest BCUT2D eigenvalue weighted by molar-refractivity contribution is 7.22. The van der Waals surface area contributed by atoms with E-state index in [0.29, 0.717) is 0 Å². The van der Waals surface area contributed by atoms with Gasteiger partial charge in [0.15, 0.2) is 5.13 Å². The zero-order valence-corrected chi connectivity index (χ0v) is 13.1. The molecule has 0 fully saturated rings. The molecule has 0 amide bonds. The normalized spacial score (nSPS) is 10.9. The molecule has 2 aromatic rings. The monoisotopic (exact) mass is 291 g/mol. The van der Waals surface area contributed by atoms with Crippen LogP contribution in [0, 0.1) is 0 Å². The van der Waals surface area contributed by atoms with Crippen LogP contribution in [0.25, 0.3) is 10.2 Å². The van der Waals surface area contributed by atoms with Gasteiger partial charge in [0, 0.05) is 13.1 Å². The number of fused-ring (bicyclic) bond motifs is 1. The fraction of sp³-hybridized carbons (Fsp3) is 0.533. The lowest BCUT2D eigenvalue weighted by atomic mass is 10.3. The molecule has 0 saturated heterocycles. The van der Waals surface area contributed by atoms with Crippen LogP contribution in [-0.4, -0.2) is 18.1 Å². The van der Waals surface area contributed by atoms with E-state index in [2.05, 4.69) is 23.9 Å². The summed E-state index contributed by atoms with van der Waals surface area (Å²) in [4.78, 5) is 7.16. The molecule has 108 valence electrons. The fourth-order valence-corrected chi connectivity index (χ4v) is 3.24. The van der Waals surface area contributed by atoms with Gasteiger partial charge in [0.25, 0.3) is 0 Å². The van der Waals surface area contributed by atoms with Gasteiger partial charge in [0.1, 0.15) is 5.69 Å². The second-order valence-electron chi connectivity index (χ2n) is 4.95. The van der Waals surface area contributed by atoms with Crippen molar-refractivity contribution in [2.75, 3.05) is 18.0 Å². The molecular weight excluding hydrogens is 268 g/mol. The molecule has 1 heterocycles. The van der Waals surface area contributed by atoms with Crippen molar-refractivity contribution in [1.82, 2.24) is 4.98 Å². The molecule has 2 rings (SSSR count). The van der Waals surface area contributed by atoms with Crippen molar-refractivity contribution >= 4 is 32.4 Å². The molecule has 0 unspecified atom stereocenters. The van der Waals surface area contributed by atoms with Crippen LogP contribution in [0.1, 0.15) is 39.5 Å². The Morgan fingerprint density at radius 1 is 1.20 bits per heavy atom. The Hall–Kier alpha value is -1.49. The Balaban J connectivity index is 2.29. The van der Waals surface area contributed by atoms with Gasteiger partial charge in [0.05, 0.1) is 10.2 Å². The van der Waals surface area contributed by atoms with Crippen LogP contribution in [0.4, 0.5) is 10.8 Å². The number of nitrogens with zero attached hydrogens (tertiary/aromatic N) is 3. The molecule has 0 aliphatic carbocycles. The Morgan fingerprint density at radius 3 is 2.50 bits per heavy atom. The van der Waals surface area contributed by atoms with Gasteiger partial charge in [-0.2, -0.15) is 5.53 Å². The number of benzene rings is 1. The molecule has 0 radical (unpaired) electrons. The van der Waals surface area contributed by atoms with Crippen molar-refractivity contribution in [3.05, 3.63) is 18.2 Å². The number of rotatable bonds is 8. The standard InChI is InChI=1S/C15H22N4S/c1-3-5-10-19(11-6-4-2)15-17-12-8-7-9-13(18-16)14(12)20-15/h7-9,16H,3-6,10-11H2,1-2H3/p+1. The van der Waals surface area contributed by atoms with E-state index in [1.807, 2.05) is 18.2 Å². The van der Waals surface area contributed by atoms with Gasteiger partial charge in [-0.05, 0) is 30.1 Å². The molecule has 0 bridgehead atoms. The van der Waals surface area contributed by atoms with Gasteiger partial charge in [0.2, 0.25) is 0 Å². The van der Waals surface area contributed by atoms with Crippen LogP contribution in [0.2, 0.25) is 0 Å². The van der Waals surface area contributed by atoms with E-state index in [1.165, 1.54) is 25.7 Å². The van der Waals surface area contributed by atoms with Crippen LogP contribution < -0.4 is 10.4 Å². The van der Waals surface area contributed by atoms with Gasteiger partial charge in [-0.3, -0.25) is 0 Å². The van der Waals surface area contributed by atoms with E-state index in [-0.39, 0.29) is 0 Å². The number of nitrogens with two attached hydrogens (primary N) is 1. The molecule has 4 nitrogen and oxygen atoms in total. The first-order valence-electron chi connectivity index (χ1n) is 7.35. The van der Waals surface area contributed by atoms with E-state index in [0.717, 1.165) is 34.1 Å². The Bertz CT molecular complexity index is 556. The van der Waals surface area contributed by atoms with E-state index in [4.69, 9.17) is 10.5 Å². The van der Waals surface area contributed by atoms with Gasteiger partial charge >= 0.3 is 0 Å². The minimum atomic E-state index is 0.831. The van der Waals surface area contributed by atoms with Crippen LogP contribution in [0.15, 0.2) is 23.3 Å². The second-order valence-corrected chi connectivity index (χ2v) is 5.92. The quantitative estimate of drug-likeness (QED) is 0.756. The zero-order valence-electron chi connectivity index (χ0n) is 12.3. The van der Waals surface area contributed by atoms with Crippen LogP contribution in [0.3, 0.4) is 0 Å². The first-order valence-corrected chi connectivity index (χ1v) is 8.17. The van der Waals surface area contributed by atoms with Crippen LogP contribution in [0.5, 0.6) is 0 Å². The van der Waals surface area contributed by atoms with Crippen molar-refractivity contribution in [1.29, 1.82) is 0 Å². The number of anilines is 1. The summed E-state index contributed by atoms with van der Waals surface area (Å²) >= 11 is 1.70. The predicted octanol–water partition coefficient (Wildman–Crippen LogP) is 3.55. The summed E-state index contributed by atoms with van der Waals surface area (Å²) < 4.78 is 1.09. The zero-order chi connectivity index (χ0) is 14.4. The lowest BCUT2D eigenvalue weighted by Gasteiger charge is -2.21. The van der Waals surface area contributed by atoms with Gasteiger partial charge in [-0.1, -0.05) is 44.1 Å². The molecular formula is C15H23N4S+. The summed E-state index contributed by atoms with van der Waals surface area (Å²) in [6.45, 7) is 6.60. The second kappa shape index (κ2) is 7.33. The molecule has 0 atom stereocenters. The first kappa shape index (κ1) is 14.9. The van der Waals surface area contributed by atoms with Gasteiger partial charge in [-0.25, -0.2) is 4.98 Å². The molecule has 2 N–H and O–H groups in total. The largest absolute Gasteiger partial charge is 0.348 e. The van der Waals surface area contributed by atoms with E-state index in [1.54, 1.807) is 11.3 Å². The molecule has 1 aromatic heterocycles. The molecule has 0 spiro atoms. The smallest absolute Gasteiger partial charge is 0.186 e. The maximum atomic E-state index is 5.45. The van der Waals surface area contributed by atoms with Gasteiger partial charge < -0.3 is 4.90 Å². The van der Waals surface area contributed by atoms with Crippen molar-refractivity contribution in [3.63, 3.8) is 0 Å². The lowest BCUT2D eigenvalue weighted by Crippen LogP contribution is -2.25. The average molecular weight is 291 g/mol. The summed E-state index contributed by atoms with van der Waals surface area (Å²) in [5, 5.41) is 4.94. The highest BCUT2D eigenvalue weighted by atomic mass is 32.1. The molecule has 20 heavy (non-hydrogen) atoms. The highest BCUT2D eigenvalue weighted by Crippen LogP contribution is 2.35. The highest BCUT2D eigenvalue weighted by Gasteiger charge is 2.14. The number of unbranched alkanes of at least 4 members (excludes halogenated alkanes) is 2. The average Bonchev–Trinajstić information content (AvgIpc) is 2.91. The molecule has 0 saturated carbocycles. The Labute approximate surface area is 124 Å². The predicted molar refractivity (Wildman–Crippen MR) is 85.7 cm³/mol. The van der Waals surface area contributed by atoms with Crippen molar-refractivity contribution in [2.24, 2.45) is 5.11 Å². The molecule has 0 aliphatic rings. The molecule has 0 aliphatic heterocycles. The van der Waals surface area contributed by atoms with Crippen molar-refractivity contribution in [3.8, 4) is 0 Å². The maximum Gasteiger partial charge on any atom is 0.186 e. The number of thiazole rings is 1. The van der Waals surface area contributed by atoms with Crippen LogP contribution in [-0.2, 0) is 0 Å². The van der Waals surface area contributed by atoms with Crippen LogP contribution >= 0.6 is 11.3 Å². The Morgan fingerprint density at radius 2 is 1.90 bits per heavy atom. The van der Waals surface area contributed by atoms with Crippen molar-refractivity contribution < 1.29 is 5.53 Å². The van der Waals surface area contributed by atoms with E-state index < -0.39 is 0 Å². The third kappa shape index (κ3) is 3.33. The third-order valence-electron chi connectivity index (χ3n) is 3.36. The first-order chi connectivity index (χ1) is 9.80. The number of hydrogen-bond acceptors (Lipinski definition) is 4. The Kier molecular flexibility index (Phi) is 5.47. The minimum Gasteiger partial charge on any atom is -0.348 e. The third-order valence-corrected chi connectivity index (χ3v) is 4.51. The lowest BCUT2D eigenvalue weighted by molar-refractivity contribution is -0.210. The SMILES string of the molecule is CCCCN(CCCC)c1nc2cccc(N=[NH2+])c2s1. The summed E-state index contributed by atoms with van der Waals surface area (Å²) in [7, 11) is 0. The van der Waals surface area contributed by atoms with Crippen molar-refractivity contribution in [2.45, 2.75) is 39.5 Å². The minimum absolute atomic E-state index is 0.831. The summed E-state index contributed by atoms with van der Waals surface area (Å²) in [6.07, 6.45) is 4.81. The topological polar surface area (TPSA) is 54.1 Å². The summed E-state index contributed by atoms with van der Waals surface area (Å²) in [6, 6.07) is 5.93. The van der Waals surface area contributed by atoms with Gasteiger partial charge in [-0.15, -0.1) is 0 Å². The number of hydrogen-bond donors (Lipinski definition) is 1. The maximum absolute atomic E-state index is 5.45. The summed E-state index contributed by atoms with van der Waals surface area (Å²) in [5.74, 6) is 0. The summed E-state index contributed by atoms with van der Waals surface area (Å²) in [5.41, 5.74) is 7.28. The van der Waals surface area contributed by atoms with E-state index >= 15 is 0 Å². The molecule has 5 heteroatoms. The molecule has 1 aromatic carbocycles. The van der Waals surface area contributed by atoms with E-state index in [9.17, 15) is 0 Å². The number of aromatic nitrogens is 1.